The monoisotopic (exact) mass is 504 g/mol. The Balaban J connectivity index is 1.31. The van der Waals surface area contributed by atoms with Crippen LogP contribution >= 0.6 is 0 Å². The molecule has 1 amide bonds. The van der Waals surface area contributed by atoms with Crippen LogP contribution < -0.4 is 20.1 Å². The summed E-state index contributed by atoms with van der Waals surface area (Å²) < 4.78 is 17.5. The van der Waals surface area contributed by atoms with Gasteiger partial charge < -0.3 is 24.8 Å². The second-order valence-electron chi connectivity index (χ2n) is 10.1. The van der Waals surface area contributed by atoms with Gasteiger partial charge >= 0.3 is 6.09 Å². The van der Waals surface area contributed by atoms with Crippen LogP contribution in [0, 0.1) is 23.2 Å². The average Bonchev–Trinajstić information content (AvgIpc) is 3.42. The number of anilines is 2. The standard InChI is InChI=1S/C25H28N8O4/c1-25(2,3)37-24(34)30-16-6-18(15-5-14(15)16)36-20-11-27-10-19(35-4)23(20)17-7-21(33-32-17)31-22-12-28-13(8-26)9-29-22/h7,9-12,14-16,18H,5-6H2,1-4H3,(H,30,34)(H2,29,31,32,33)/t14-,15+,16-,18-/m0/s1. The van der Waals surface area contributed by atoms with E-state index in [1.165, 1.54) is 12.4 Å². The lowest BCUT2D eigenvalue weighted by Gasteiger charge is -2.23. The summed E-state index contributed by atoms with van der Waals surface area (Å²) in [5, 5.41) is 22.3. The van der Waals surface area contributed by atoms with E-state index in [9.17, 15) is 4.79 Å². The minimum atomic E-state index is -0.548. The molecule has 5 rings (SSSR count). The lowest BCUT2D eigenvalue weighted by atomic mass is 10.1. The van der Waals surface area contributed by atoms with Gasteiger partial charge in [0, 0.05) is 24.4 Å². The van der Waals surface area contributed by atoms with E-state index in [1.54, 1.807) is 25.6 Å². The Labute approximate surface area is 213 Å². The molecule has 3 aromatic heterocycles. The van der Waals surface area contributed by atoms with Crippen LogP contribution in [-0.2, 0) is 4.74 Å². The number of aromatic nitrogens is 5. The molecule has 0 unspecified atom stereocenters. The van der Waals surface area contributed by atoms with Crippen molar-refractivity contribution in [2.75, 3.05) is 12.4 Å². The number of alkyl carbamates (subject to hydrolysis) is 1. The van der Waals surface area contributed by atoms with Gasteiger partial charge in [0.2, 0.25) is 0 Å². The molecule has 12 nitrogen and oxygen atoms in total. The van der Waals surface area contributed by atoms with Crippen molar-refractivity contribution in [3.63, 3.8) is 0 Å². The number of nitrogens with one attached hydrogen (secondary N) is 3. The first-order valence-electron chi connectivity index (χ1n) is 12.0. The van der Waals surface area contributed by atoms with Crippen LogP contribution in [-0.4, -0.2) is 56.1 Å². The summed E-state index contributed by atoms with van der Waals surface area (Å²) in [4.78, 5) is 24.7. The van der Waals surface area contributed by atoms with Crippen LogP contribution in [0.4, 0.5) is 16.4 Å². The van der Waals surface area contributed by atoms with Crippen molar-refractivity contribution < 1.29 is 19.0 Å². The number of ether oxygens (including phenoxy) is 3. The van der Waals surface area contributed by atoms with Crippen molar-refractivity contribution in [1.82, 2.24) is 30.5 Å². The predicted octanol–water partition coefficient (Wildman–Crippen LogP) is 3.57. The van der Waals surface area contributed by atoms with Crippen LogP contribution in [0.25, 0.3) is 11.3 Å². The third kappa shape index (κ3) is 5.40. The zero-order valence-electron chi connectivity index (χ0n) is 21.0. The summed E-state index contributed by atoms with van der Waals surface area (Å²) in [6.45, 7) is 5.54. The molecule has 2 fully saturated rings. The fraction of sp³-hybridized carbons (Fsp3) is 0.440. The summed E-state index contributed by atoms with van der Waals surface area (Å²) >= 11 is 0. The number of pyridine rings is 1. The van der Waals surface area contributed by atoms with E-state index >= 15 is 0 Å². The zero-order valence-corrected chi connectivity index (χ0v) is 21.0. The number of carbonyl (C=O) groups excluding carboxylic acids is 1. The highest BCUT2D eigenvalue weighted by Crippen LogP contribution is 2.54. The lowest BCUT2D eigenvalue weighted by molar-refractivity contribution is 0.0494. The Morgan fingerprint density at radius 1 is 1.11 bits per heavy atom. The van der Waals surface area contributed by atoms with E-state index < -0.39 is 11.7 Å². The van der Waals surface area contributed by atoms with Gasteiger partial charge in [0.05, 0.1) is 43.2 Å². The van der Waals surface area contributed by atoms with E-state index in [0.29, 0.717) is 52.6 Å². The average molecular weight is 505 g/mol. The molecule has 37 heavy (non-hydrogen) atoms. The van der Waals surface area contributed by atoms with Crippen LogP contribution in [0.3, 0.4) is 0 Å². The topological polar surface area (TPSA) is 160 Å². The Hall–Kier alpha value is -4.40. The minimum Gasteiger partial charge on any atom is -0.494 e. The third-order valence-electron chi connectivity index (χ3n) is 6.32. The number of H-pyrrole nitrogens is 1. The molecule has 12 heteroatoms. The van der Waals surface area contributed by atoms with Gasteiger partial charge in [-0.05, 0) is 33.1 Å². The largest absolute Gasteiger partial charge is 0.494 e. The molecule has 4 atom stereocenters. The second kappa shape index (κ2) is 9.57. The molecular formula is C25H28N8O4. The van der Waals surface area contributed by atoms with Crippen LogP contribution in [0.15, 0.2) is 30.9 Å². The Bertz CT molecular complexity index is 1330. The highest BCUT2D eigenvalue weighted by molar-refractivity contribution is 5.75. The van der Waals surface area contributed by atoms with E-state index in [1.807, 2.05) is 26.8 Å². The summed E-state index contributed by atoms with van der Waals surface area (Å²) in [5.41, 5.74) is 1.02. The van der Waals surface area contributed by atoms with Gasteiger partial charge in [0.15, 0.2) is 17.3 Å². The quantitative estimate of drug-likeness (QED) is 0.434. The maximum absolute atomic E-state index is 12.3. The lowest BCUT2D eigenvalue weighted by Crippen LogP contribution is -2.40. The highest BCUT2D eigenvalue weighted by atomic mass is 16.6. The SMILES string of the molecule is COc1cncc(O[C@H]2C[C@H](NC(=O)OC(C)(C)C)[C@H]3C[C@H]32)c1-c1cc(Nc2cnc(C#N)cn2)n[nH]1. The molecule has 3 N–H and O–H groups in total. The summed E-state index contributed by atoms with van der Waals surface area (Å²) in [6.07, 6.45) is 7.30. The number of aromatic amines is 1. The number of fused-ring (bicyclic) bond motifs is 1. The molecule has 0 saturated heterocycles. The number of methoxy groups -OCH3 is 1. The number of carbonyl (C=O) groups is 1. The van der Waals surface area contributed by atoms with Crippen molar-refractivity contribution in [2.45, 2.75) is 51.4 Å². The molecule has 0 radical (unpaired) electrons. The third-order valence-corrected chi connectivity index (χ3v) is 6.32. The summed E-state index contributed by atoms with van der Waals surface area (Å²) in [6, 6.07) is 3.74. The van der Waals surface area contributed by atoms with Crippen molar-refractivity contribution >= 4 is 17.7 Å². The van der Waals surface area contributed by atoms with Gasteiger partial charge in [-0.2, -0.15) is 10.4 Å². The molecule has 0 aliphatic heterocycles. The van der Waals surface area contributed by atoms with Crippen molar-refractivity contribution in [3.05, 3.63) is 36.5 Å². The number of rotatable bonds is 7. The van der Waals surface area contributed by atoms with Gasteiger partial charge in [-0.3, -0.25) is 10.1 Å². The van der Waals surface area contributed by atoms with E-state index in [2.05, 4.69) is 35.8 Å². The molecule has 0 bridgehead atoms. The van der Waals surface area contributed by atoms with Crippen LogP contribution in [0.1, 0.15) is 39.3 Å². The number of nitriles is 1. The van der Waals surface area contributed by atoms with E-state index in [4.69, 9.17) is 19.5 Å². The number of hydrogen-bond donors (Lipinski definition) is 3. The molecule has 192 valence electrons. The van der Waals surface area contributed by atoms with Crippen LogP contribution in [0.5, 0.6) is 11.5 Å². The second-order valence-corrected chi connectivity index (χ2v) is 10.1. The summed E-state index contributed by atoms with van der Waals surface area (Å²) in [5.74, 6) is 2.76. The van der Waals surface area contributed by atoms with Crippen LogP contribution in [0.2, 0.25) is 0 Å². The molecule has 2 saturated carbocycles. The Morgan fingerprint density at radius 3 is 2.62 bits per heavy atom. The predicted molar refractivity (Wildman–Crippen MR) is 132 cm³/mol. The van der Waals surface area contributed by atoms with Gasteiger partial charge in [0.1, 0.15) is 29.3 Å². The van der Waals surface area contributed by atoms with E-state index in [-0.39, 0.29) is 17.8 Å². The molecule has 0 aromatic carbocycles. The minimum absolute atomic E-state index is 0.00311. The molecule has 2 aliphatic rings. The maximum Gasteiger partial charge on any atom is 0.407 e. The van der Waals surface area contributed by atoms with E-state index in [0.717, 1.165) is 6.42 Å². The maximum atomic E-state index is 12.3. The fourth-order valence-corrected chi connectivity index (χ4v) is 4.68. The normalized spacial score (nSPS) is 21.9. The summed E-state index contributed by atoms with van der Waals surface area (Å²) in [7, 11) is 1.57. The molecular weight excluding hydrogens is 476 g/mol. The van der Waals surface area contributed by atoms with Crippen molar-refractivity contribution in [3.8, 4) is 28.8 Å². The van der Waals surface area contributed by atoms with Gasteiger partial charge in [0.25, 0.3) is 0 Å². The first-order chi connectivity index (χ1) is 17.7. The first-order valence-corrected chi connectivity index (χ1v) is 12.0. The zero-order chi connectivity index (χ0) is 26.2. The Kier molecular flexibility index (Phi) is 6.29. The number of amides is 1. The fourth-order valence-electron chi connectivity index (χ4n) is 4.68. The van der Waals surface area contributed by atoms with Gasteiger partial charge in [-0.1, -0.05) is 0 Å². The molecule has 3 aromatic rings. The van der Waals surface area contributed by atoms with Gasteiger partial charge in [-0.15, -0.1) is 0 Å². The molecule has 3 heterocycles. The number of nitrogens with zero attached hydrogens (tertiary/aromatic N) is 5. The molecule has 0 spiro atoms. The molecule has 2 aliphatic carbocycles. The Morgan fingerprint density at radius 2 is 1.92 bits per heavy atom. The van der Waals surface area contributed by atoms with Gasteiger partial charge in [-0.25, -0.2) is 14.8 Å². The number of hydrogen-bond acceptors (Lipinski definition) is 10. The van der Waals surface area contributed by atoms with Crippen molar-refractivity contribution in [2.24, 2.45) is 11.8 Å². The smallest absolute Gasteiger partial charge is 0.407 e. The van der Waals surface area contributed by atoms with Crippen molar-refractivity contribution in [1.29, 1.82) is 5.26 Å². The first kappa shape index (κ1) is 24.3. The highest BCUT2D eigenvalue weighted by Gasteiger charge is 2.56.